The topological polar surface area (TPSA) is 99.8 Å². The Hall–Kier alpha value is -0.880. The standard InChI is InChI=1S/C18H33N5O3S.HI/c1-5-11-27(24,25)23-9-7-15(8-10-23)21-18(19-6-2)20-13-16-12-17(14(3)4)22-26-16;/h12,14-15H,5-11,13H2,1-4H3,(H2,19,20,21);1H. The van der Waals surface area contributed by atoms with Crippen molar-refractivity contribution in [2.45, 2.75) is 65.5 Å². The van der Waals surface area contributed by atoms with Gasteiger partial charge in [-0.25, -0.2) is 17.7 Å². The summed E-state index contributed by atoms with van der Waals surface area (Å²) in [7, 11) is -3.11. The van der Waals surface area contributed by atoms with Crippen LogP contribution in [0.3, 0.4) is 0 Å². The van der Waals surface area contributed by atoms with Crippen LogP contribution in [0.15, 0.2) is 15.6 Å². The van der Waals surface area contributed by atoms with Crippen molar-refractivity contribution in [1.82, 2.24) is 20.1 Å². The van der Waals surface area contributed by atoms with Gasteiger partial charge in [0.15, 0.2) is 11.7 Å². The van der Waals surface area contributed by atoms with Crippen LogP contribution in [0.25, 0.3) is 0 Å². The summed E-state index contributed by atoms with van der Waals surface area (Å²) in [5.74, 6) is 2.00. The highest BCUT2D eigenvalue weighted by Crippen LogP contribution is 2.16. The van der Waals surface area contributed by atoms with Crippen molar-refractivity contribution in [1.29, 1.82) is 0 Å². The Morgan fingerprint density at radius 1 is 1.36 bits per heavy atom. The van der Waals surface area contributed by atoms with Gasteiger partial charge in [0.1, 0.15) is 6.54 Å². The molecule has 0 amide bonds. The molecule has 10 heteroatoms. The molecule has 0 aromatic carbocycles. The maximum absolute atomic E-state index is 12.2. The first-order valence-corrected chi connectivity index (χ1v) is 11.4. The van der Waals surface area contributed by atoms with Gasteiger partial charge in [-0.1, -0.05) is 25.9 Å². The second-order valence-electron chi connectivity index (χ2n) is 7.20. The van der Waals surface area contributed by atoms with E-state index in [0.717, 1.165) is 36.8 Å². The maximum Gasteiger partial charge on any atom is 0.214 e. The SMILES string of the molecule is CCCS(=O)(=O)N1CCC(NC(=NCc2cc(C(C)C)no2)NCC)CC1.I. The van der Waals surface area contributed by atoms with Crippen molar-refractivity contribution >= 4 is 40.0 Å². The van der Waals surface area contributed by atoms with Gasteiger partial charge in [0.2, 0.25) is 10.0 Å². The summed E-state index contributed by atoms with van der Waals surface area (Å²) in [4.78, 5) is 4.58. The van der Waals surface area contributed by atoms with E-state index in [4.69, 9.17) is 4.52 Å². The highest BCUT2D eigenvalue weighted by atomic mass is 127. The number of guanidine groups is 1. The van der Waals surface area contributed by atoms with Gasteiger partial charge >= 0.3 is 0 Å². The molecule has 0 atom stereocenters. The Morgan fingerprint density at radius 3 is 2.57 bits per heavy atom. The van der Waals surface area contributed by atoms with Crippen LogP contribution < -0.4 is 10.6 Å². The Balaban J connectivity index is 0.00000392. The minimum absolute atomic E-state index is 0. The van der Waals surface area contributed by atoms with E-state index in [2.05, 4.69) is 34.6 Å². The van der Waals surface area contributed by atoms with Gasteiger partial charge in [0, 0.05) is 31.7 Å². The number of sulfonamides is 1. The third-order valence-electron chi connectivity index (χ3n) is 4.56. The quantitative estimate of drug-likeness (QED) is 0.307. The molecule has 0 saturated carbocycles. The van der Waals surface area contributed by atoms with Gasteiger partial charge in [-0.15, -0.1) is 24.0 Å². The molecule has 0 radical (unpaired) electrons. The van der Waals surface area contributed by atoms with E-state index in [9.17, 15) is 8.42 Å². The van der Waals surface area contributed by atoms with Crippen molar-refractivity contribution in [3.63, 3.8) is 0 Å². The summed E-state index contributed by atoms with van der Waals surface area (Å²) in [6.07, 6.45) is 2.19. The average Bonchev–Trinajstić information content (AvgIpc) is 3.10. The zero-order valence-corrected chi connectivity index (χ0v) is 20.4. The van der Waals surface area contributed by atoms with Gasteiger partial charge in [-0.05, 0) is 32.1 Å². The first-order chi connectivity index (χ1) is 12.9. The maximum atomic E-state index is 12.2. The summed E-state index contributed by atoms with van der Waals surface area (Å²) < 4.78 is 31.3. The average molecular weight is 527 g/mol. The lowest BCUT2D eigenvalue weighted by Crippen LogP contribution is -2.50. The summed E-state index contributed by atoms with van der Waals surface area (Å²) in [6.45, 7) is 10.3. The Bertz CT molecular complexity index is 713. The van der Waals surface area contributed by atoms with E-state index >= 15 is 0 Å². The van der Waals surface area contributed by atoms with Crippen LogP contribution in [0.4, 0.5) is 0 Å². The Morgan fingerprint density at radius 2 is 2.04 bits per heavy atom. The first-order valence-electron chi connectivity index (χ1n) is 9.83. The van der Waals surface area contributed by atoms with Crippen LogP contribution in [0.5, 0.6) is 0 Å². The predicted octanol–water partition coefficient (Wildman–Crippen LogP) is 2.68. The van der Waals surface area contributed by atoms with Gasteiger partial charge in [-0.3, -0.25) is 0 Å². The van der Waals surface area contributed by atoms with E-state index in [0.29, 0.717) is 32.0 Å². The number of aromatic nitrogens is 1. The van der Waals surface area contributed by atoms with Gasteiger partial charge < -0.3 is 15.2 Å². The predicted molar refractivity (Wildman–Crippen MR) is 123 cm³/mol. The normalized spacial score (nSPS) is 16.8. The van der Waals surface area contributed by atoms with Crippen LogP contribution in [-0.4, -0.2) is 55.3 Å². The highest BCUT2D eigenvalue weighted by molar-refractivity contribution is 14.0. The molecule has 0 spiro atoms. The molecule has 0 aliphatic carbocycles. The number of halogens is 1. The fourth-order valence-electron chi connectivity index (χ4n) is 3.01. The molecule has 8 nitrogen and oxygen atoms in total. The second kappa shape index (κ2) is 12.0. The van der Waals surface area contributed by atoms with E-state index in [1.54, 1.807) is 4.31 Å². The van der Waals surface area contributed by atoms with E-state index < -0.39 is 10.0 Å². The largest absolute Gasteiger partial charge is 0.359 e. The van der Waals surface area contributed by atoms with Crippen LogP contribution in [-0.2, 0) is 16.6 Å². The number of hydrogen-bond donors (Lipinski definition) is 2. The molecule has 28 heavy (non-hydrogen) atoms. The van der Waals surface area contributed by atoms with Gasteiger partial charge in [0.25, 0.3) is 0 Å². The third kappa shape index (κ3) is 7.51. The molecule has 2 N–H and O–H groups in total. The smallest absolute Gasteiger partial charge is 0.214 e. The minimum Gasteiger partial charge on any atom is -0.359 e. The zero-order chi connectivity index (χ0) is 19.9. The van der Waals surface area contributed by atoms with Crippen molar-refractivity contribution in [3.05, 3.63) is 17.5 Å². The molecule has 1 aromatic rings. The number of rotatable bonds is 8. The fraction of sp³-hybridized carbons (Fsp3) is 0.778. The molecule has 162 valence electrons. The number of piperidine rings is 1. The molecule has 1 aliphatic heterocycles. The molecule has 0 unspecified atom stereocenters. The van der Waals surface area contributed by atoms with Crippen molar-refractivity contribution in [2.75, 3.05) is 25.4 Å². The number of nitrogens with zero attached hydrogens (tertiary/aromatic N) is 3. The highest BCUT2D eigenvalue weighted by Gasteiger charge is 2.27. The van der Waals surface area contributed by atoms with Gasteiger partial charge in [-0.2, -0.15) is 0 Å². The summed E-state index contributed by atoms with van der Waals surface area (Å²) in [5, 5.41) is 10.7. The van der Waals surface area contributed by atoms with Crippen LogP contribution in [0.1, 0.15) is 64.3 Å². The lowest BCUT2D eigenvalue weighted by Gasteiger charge is -2.32. The molecule has 1 aliphatic rings. The lowest BCUT2D eigenvalue weighted by molar-refractivity contribution is 0.306. The Kier molecular flexibility index (Phi) is 10.7. The van der Waals surface area contributed by atoms with Crippen molar-refractivity contribution < 1.29 is 12.9 Å². The van der Waals surface area contributed by atoms with Crippen molar-refractivity contribution in [2.24, 2.45) is 4.99 Å². The second-order valence-corrected chi connectivity index (χ2v) is 9.29. The van der Waals surface area contributed by atoms with Gasteiger partial charge in [0.05, 0.1) is 11.4 Å². The number of hydrogen-bond acceptors (Lipinski definition) is 5. The monoisotopic (exact) mass is 527 g/mol. The van der Waals surface area contributed by atoms with Crippen LogP contribution in [0.2, 0.25) is 0 Å². The molecule has 2 rings (SSSR count). The van der Waals surface area contributed by atoms with Crippen molar-refractivity contribution in [3.8, 4) is 0 Å². The van der Waals surface area contributed by atoms with E-state index in [1.807, 2.05) is 19.9 Å². The summed E-state index contributed by atoms with van der Waals surface area (Å²) in [6, 6.07) is 2.14. The van der Waals surface area contributed by atoms with E-state index in [1.165, 1.54) is 0 Å². The summed E-state index contributed by atoms with van der Waals surface area (Å²) >= 11 is 0. The first kappa shape index (κ1) is 25.2. The Labute approximate surface area is 186 Å². The molecule has 1 fully saturated rings. The minimum atomic E-state index is -3.11. The molecule has 2 heterocycles. The number of aliphatic imine (C=N–C) groups is 1. The van der Waals surface area contributed by atoms with E-state index in [-0.39, 0.29) is 35.8 Å². The molecular formula is C18H34IN5O3S. The molecule has 0 bridgehead atoms. The lowest BCUT2D eigenvalue weighted by atomic mass is 10.1. The number of nitrogens with one attached hydrogen (secondary N) is 2. The fourth-order valence-corrected chi connectivity index (χ4v) is 4.55. The van der Waals surface area contributed by atoms with Crippen LogP contribution in [0, 0.1) is 0 Å². The third-order valence-corrected chi connectivity index (χ3v) is 6.63. The molecule has 1 aromatic heterocycles. The molecular weight excluding hydrogens is 493 g/mol. The molecule has 1 saturated heterocycles. The summed E-state index contributed by atoms with van der Waals surface area (Å²) in [5.41, 5.74) is 0.929. The van der Waals surface area contributed by atoms with Crippen LogP contribution >= 0.6 is 24.0 Å². The zero-order valence-electron chi connectivity index (χ0n) is 17.3.